The van der Waals surface area contributed by atoms with Gasteiger partial charge in [0.2, 0.25) is 0 Å². The number of alkyl halides is 1. The molecule has 1 atom stereocenters. The summed E-state index contributed by atoms with van der Waals surface area (Å²) in [6.07, 6.45) is 3.61. The van der Waals surface area contributed by atoms with Gasteiger partial charge >= 0.3 is 0 Å². The number of nitrogens with one attached hydrogen (secondary N) is 1. The summed E-state index contributed by atoms with van der Waals surface area (Å²) in [5.41, 5.74) is -1.35. The van der Waals surface area contributed by atoms with Crippen LogP contribution in [0.15, 0.2) is 18.5 Å². The highest BCUT2D eigenvalue weighted by Gasteiger charge is 2.38. The first kappa shape index (κ1) is 7.61. The van der Waals surface area contributed by atoms with E-state index in [9.17, 15) is 4.39 Å². The third kappa shape index (κ3) is 1.18. The van der Waals surface area contributed by atoms with Gasteiger partial charge in [-0.2, -0.15) is 0 Å². The molecule has 0 spiro atoms. The molecular weight excluding hydrogens is 157 g/mol. The first-order valence-corrected chi connectivity index (χ1v) is 3.98. The fraction of sp³-hybridized carbons (Fsp3) is 0.500. The van der Waals surface area contributed by atoms with E-state index in [0.717, 1.165) is 0 Å². The van der Waals surface area contributed by atoms with Gasteiger partial charge in [-0.1, -0.05) is 0 Å². The molecule has 0 aliphatic carbocycles. The summed E-state index contributed by atoms with van der Waals surface area (Å²) < 4.78 is 13.9. The third-order valence-corrected chi connectivity index (χ3v) is 2.07. The van der Waals surface area contributed by atoms with Gasteiger partial charge in [-0.25, -0.2) is 14.4 Å². The van der Waals surface area contributed by atoms with Crippen LogP contribution in [0.1, 0.15) is 12.2 Å². The molecule has 0 radical (unpaired) electrons. The van der Waals surface area contributed by atoms with E-state index in [0.29, 0.717) is 25.3 Å². The standard InChI is InChI=1S/C8H10FN3/c9-8(2-5-10-6-8)7-11-3-1-4-12-7/h1,3-4,10H,2,5-6H2. The van der Waals surface area contributed by atoms with E-state index >= 15 is 0 Å². The molecule has 1 aromatic heterocycles. The molecule has 0 amide bonds. The summed E-state index contributed by atoms with van der Waals surface area (Å²) in [5, 5.41) is 2.96. The Balaban J connectivity index is 2.29. The van der Waals surface area contributed by atoms with Gasteiger partial charge < -0.3 is 5.32 Å². The minimum Gasteiger partial charge on any atom is -0.313 e. The Morgan fingerprint density at radius 3 is 2.75 bits per heavy atom. The summed E-state index contributed by atoms with van der Waals surface area (Å²) in [7, 11) is 0. The maximum absolute atomic E-state index is 13.9. The molecule has 2 heterocycles. The molecule has 1 N–H and O–H groups in total. The average molecular weight is 167 g/mol. The lowest BCUT2D eigenvalue weighted by atomic mass is 10.1. The molecule has 12 heavy (non-hydrogen) atoms. The smallest absolute Gasteiger partial charge is 0.183 e. The van der Waals surface area contributed by atoms with Crippen LogP contribution in [0, 0.1) is 0 Å². The van der Waals surface area contributed by atoms with Crippen molar-refractivity contribution >= 4 is 0 Å². The Morgan fingerprint density at radius 2 is 2.17 bits per heavy atom. The van der Waals surface area contributed by atoms with Gasteiger partial charge in [0, 0.05) is 25.4 Å². The molecule has 4 heteroatoms. The molecule has 1 aliphatic heterocycles. The predicted molar refractivity (Wildman–Crippen MR) is 42.3 cm³/mol. The fourth-order valence-electron chi connectivity index (χ4n) is 1.38. The van der Waals surface area contributed by atoms with E-state index in [-0.39, 0.29) is 0 Å². The Kier molecular flexibility index (Phi) is 1.77. The monoisotopic (exact) mass is 167 g/mol. The SMILES string of the molecule is FC1(c2ncccn2)CCNC1. The van der Waals surface area contributed by atoms with Crippen molar-refractivity contribution in [3.63, 3.8) is 0 Å². The highest BCUT2D eigenvalue weighted by atomic mass is 19.1. The van der Waals surface area contributed by atoms with Crippen LogP contribution in [0.25, 0.3) is 0 Å². The van der Waals surface area contributed by atoms with E-state index in [2.05, 4.69) is 15.3 Å². The van der Waals surface area contributed by atoms with Gasteiger partial charge in [-0.05, 0) is 12.6 Å². The van der Waals surface area contributed by atoms with Crippen molar-refractivity contribution in [1.29, 1.82) is 0 Å². The van der Waals surface area contributed by atoms with E-state index in [1.54, 1.807) is 18.5 Å². The van der Waals surface area contributed by atoms with Gasteiger partial charge in [0.25, 0.3) is 0 Å². The normalized spacial score (nSPS) is 29.1. The molecule has 64 valence electrons. The van der Waals surface area contributed by atoms with E-state index in [1.807, 2.05) is 0 Å². The molecule has 1 aliphatic rings. The van der Waals surface area contributed by atoms with Gasteiger partial charge in [-0.3, -0.25) is 0 Å². The zero-order valence-electron chi connectivity index (χ0n) is 6.63. The Labute approximate surface area is 70.0 Å². The molecular formula is C8H10FN3. The molecule has 0 bridgehead atoms. The number of halogens is 1. The predicted octanol–water partition coefficient (Wildman–Crippen LogP) is 0.635. The van der Waals surface area contributed by atoms with Gasteiger partial charge in [0.1, 0.15) is 0 Å². The second kappa shape index (κ2) is 2.79. The van der Waals surface area contributed by atoms with Crippen LogP contribution in [-0.4, -0.2) is 23.1 Å². The molecule has 1 saturated heterocycles. The van der Waals surface area contributed by atoms with Crippen LogP contribution in [0.3, 0.4) is 0 Å². The number of hydrogen-bond donors (Lipinski definition) is 1. The first-order chi connectivity index (χ1) is 5.81. The molecule has 1 aromatic rings. The van der Waals surface area contributed by atoms with Crippen molar-refractivity contribution in [3.8, 4) is 0 Å². The largest absolute Gasteiger partial charge is 0.313 e. The van der Waals surface area contributed by atoms with E-state index in [4.69, 9.17) is 0 Å². The molecule has 0 aromatic carbocycles. The maximum atomic E-state index is 13.9. The Bertz CT molecular complexity index is 256. The first-order valence-electron chi connectivity index (χ1n) is 3.98. The topological polar surface area (TPSA) is 37.8 Å². The van der Waals surface area contributed by atoms with Crippen molar-refractivity contribution in [1.82, 2.24) is 15.3 Å². The molecule has 1 unspecified atom stereocenters. The lowest BCUT2D eigenvalue weighted by Gasteiger charge is -2.14. The molecule has 0 saturated carbocycles. The zero-order valence-corrected chi connectivity index (χ0v) is 6.63. The van der Waals surface area contributed by atoms with Crippen molar-refractivity contribution in [3.05, 3.63) is 24.3 Å². The highest BCUT2D eigenvalue weighted by Crippen LogP contribution is 2.28. The minimum atomic E-state index is -1.35. The van der Waals surface area contributed by atoms with Crippen molar-refractivity contribution in [2.75, 3.05) is 13.1 Å². The minimum absolute atomic E-state index is 0.301. The summed E-state index contributed by atoms with van der Waals surface area (Å²) in [5.74, 6) is 0.301. The Hall–Kier alpha value is -1.03. The Morgan fingerprint density at radius 1 is 1.42 bits per heavy atom. The molecule has 2 rings (SSSR count). The summed E-state index contributed by atoms with van der Waals surface area (Å²) in [4.78, 5) is 7.81. The second-order valence-electron chi connectivity index (χ2n) is 2.96. The summed E-state index contributed by atoms with van der Waals surface area (Å²) >= 11 is 0. The number of rotatable bonds is 1. The third-order valence-electron chi connectivity index (χ3n) is 2.07. The van der Waals surface area contributed by atoms with Crippen molar-refractivity contribution in [2.24, 2.45) is 0 Å². The van der Waals surface area contributed by atoms with Crippen LogP contribution in [0.5, 0.6) is 0 Å². The molecule has 1 fully saturated rings. The number of hydrogen-bond acceptors (Lipinski definition) is 3. The maximum Gasteiger partial charge on any atom is 0.183 e. The quantitative estimate of drug-likeness (QED) is 0.666. The number of aromatic nitrogens is 2. The zero-order chi connectivity index (χ0) is 8.44. The lowest BCUT2D eigenvalue weighted by Crippen LogP contribution is -2.25. The van der Waals surface area contributed by atoms with Gasteiger partial charge in [0.15, 0.2) is 11.5 Å². The average Bonchev–Trinajstić information content (AvgIpc) is 2.55. The van der Waals surface area contributed by atoms with Gasteiger partial charge in [0.05, 0.1) is 0 Å². The van der Waals surface area contributed by atoms with Crippen molar-refractivity contribution in [2.45, 2.75) is 12.1 Å². The second-order valence-corrected chi connectivity index (χ2v) is 2.96. The van der Waals surface area contributed by atoms with Crippen LogP contribution in [0.4, 0.5) is 4.39 Å². The van der Waals surface area contributed by atoms with Crippen LogP contribution >= 0.6 is 0 Å². The van der Waals surface area contributed by atoms with Gasteiger partial charge in [-0.15, -0.1) is 0 Å². The van der Waals surface area contributed by atoms with Crippen LogP contribution in [0.2, 0.25) is 0 Å². The summed E-state index contributed by atoms with van der Waals surface area (Å²) in [6.45, 7) is 1.03. The highest BCUT2D eigenvalue weighted by molar-refractivity contribution is 5.06. The summed E-state index contributed by atoms with van der Waals surface area (Å²) in [6, 6.07) is 1.69. The lowest BCUT2D eigenvalue weighted by molar-refractivity contribution is 0.179. The van der Waals surface area contributed by atoms with Crippen molar-refractivity contribution < 1.29 is 4.39 Å². The van der Waals surface area contributed by atoms with Crippen LogP contribution in [-0.2, 0) is 5.67 Å². The fourth-order valence-corrected chi connectivity index (χ4v) is 1.38. The van der Waals surface area contributed by atoms with E-state index in [1.165, 1.54) is 0 Å². The number of nitrogens with zero attached hydrogens (tertiary/aromatic N) is 2. The van der Waals surface area contributed by atoms with Crippen LogP contribution < -0.4 is 5.32 Å². The van der Waals surface area contributed by atoms with E-state index < -0.39 is 5.67 Å². The molecule has 3 nitrogen and oxygen atoms in total.